The zero-order chi connectivity index (χ0) is 14.7. The van der Waals surface area contributed by atoms with E-state index in [1.165, 1.54) is 0 Å². The molecule has 1 aromatic carbocycles. The number of nitrogens with two attached hydrogens (primary N) is 1. The van der Waals surface area contributed by atoms with Gasteiger partial charge < -0.3 is 16.0 Å². The van der Waals surface area contributed by atoms with Gasteiger partial charge in [0.15, 0.2) is 0 Å². The van der Waals surface area contributed by atoms with Crippen molar-refractivity contribution in [1.29, 1.82) is 0 Å². The van der Waals surface area contributed by atoms with Gasteiger partial charge in [0.1, 0.15) is 0 Å². The fourth-order valence-electron chi connectivity index (χ4n) is 1.70. The number of benzene rings is 1. The molecular formula is C13H17BrN6. The number of nitrogens with zero attached hydrogens (tertiary/aromatic N) is 4. The Bertz CT molecular complexity index is 601. The summed E-state index contributed by atoms with van der Waals surface area (Å²) >= 11 is 3.46. The molecule has 0 fully saturated rings. The lowest BCUT2D eigenvalue weighted by Crippen LogP contribution is -2.17. The summed E-state index contributed by atoms with van der Waals surface area (Å²) in [6, 6.07) is 8.13. The van der Waals surface area contributed by atoms with Crippen LogP contribution in [0.2, 0.25) is 0 Å². The Morgan fingerprint density at radius 3 is 2.65 bits per heavy atom. The van der Waals surface area contributed by atoms with Gasteiger partial charge in [0.2, 0.25) is 17.8 Å². The van der Waals surface area contributed by atoms with Crippen molar-refractivity contribution in [2.24, 2.45) is 0 Å². The van der Waals surface area contributed by atoms with Crippen LogP contribution in [0, 0.1) is 0 Å². The average Bonchev–Trinajstić information content (AvgIpc) is 2.37. The van der Waals surface area contributed by atoms with E-state index >= 15 is 0 Å². The third kappa shape index (κ3) is 3.57. The van der Waals surface area contributed by atoms with Crippen LogP contribution in [-0.4, -0.2) is 29.0 Å². The molecule has 1 heterocycles. The number of nitrogens with one attached hydrogen (secondary N) is 1. The van der Waals surface area contributed by atoms with Crippen LogP contribution in [0.5, 0.6) is 0 Å². The molecule has 0 bridgehead atoms. The van der Waals surface area contributed by atoms with Crippen LogP contribution in [0.15, 0.2) is 28.7 Å². The first-order valence-electron chi connectivity index (χ1n) is 6.16. The van der Waals surface area contributed by atoms with Crippen molar-refractivity contribution in [3.63, 3.8) is 0 Å². The quantitative estimate of drug-likeness (QED) is 0.892. The molecule has 0 aliphatic rings. The van der Waals surface area contributed by atoms with E-state index < -0.39 is 0 Å². The van der Waals surface area contributed by atoms with Crippen LogP contribution in [0.25, 0.3) is 0 Å². The lowest BCUT2D eigenvalue weighted by atomic mass is 10.1. The van der Waals surface area contributed by atoms with Gasteiger partial charge in [-0.15, -0.1) is 0 Å². The summed E-state index contributed by atoms with van der Waals surface area (Å²) in [6.45, 7) is 2.04. The molecule has 2 rings (SSSR count). The van der Waals surface area contributed by atoms with Crippen molar-refractivity contribution in [1.82, 2.24) is 15.0 Å². The maximum atomic E-state index is 5.70. The summed E-state index contributed by atoms with van der Waals surface area (Å²) in [7, 11) is 3.71. The summed E-state index contributed by atoms with van der Waals surface area (Å²) in [4.78, 5) is 14.3. The van der Waals surface area contributed by atoms with Gasteiger partial charge in [-0.1, -0.05) is 28.1 Å². The van der Waals surface area contributed by atoms with E-state index in [-0.39, 0.29) is 12.0 Å². The Hall–Kier alpha value is -1.89. The third-order valence-electron chi connectivity index (χ3n) is 2.74. The van der Waals surface area contributed by atoms with Crippen LogP contribution in [0.1, 0.15) is 18.5 Å². The molecule has 1 atom stereocenters. The molecule has 0 spiro atoms. The highest BCUT2D eigenvalue weighted by molar-refractivity contribution is 9.10. The normalized spacial score (nSPS) is 12.0. The number of nitrogen functional groups attached to an aromatic ring is 1. The van der Waals surface area contributed by atoms with Crippen molar-refractivity contribution in [3.05, 3.63) is 34.3 Å². The monoisotopic (exact) mass is 336 g/mol. The van der Waals surface area contributed by atoms with Gasteiger partial charge in [0, 0.05) is 18.6 Å². The molecule has 7 heteroatoms. The van der Waals surface area contributed by atoms with Gasteiger partial charge in [-0.2, -0.15) is 15.0 Å². The number of rotatable bonds is 4. The van der Waals surface area contributed by atoms with E-state index in [2.05, 4.69) is 42.3 Å². The fourth-order valence-corrected chi connectivity index (χ4v) is 2.12. The van der Waals surface area contributed by atoms with Crippen molar-refractivity contribution >= 4 is 33.8 Å². The van der Waals surface area contributed by atoms with Crippen molar-refractivity contribution in [2.45, 2.75) is 13.0 Å². The van der Waals surface area contributed by atoms with E-state index in [1.54, 1.807) is 4.90 Å². The minimum absolute atomic E-state index is 0.0595. The SMILES string of the molecule is CC(Nc1nc(N)nc(N(C)C)n1)c1cccc(Br)c1. The van der Waals surface area contributed by atoms with Crippen LogP contribution in [-0.2, 0) is 0 Å². The number of halogens is 1. The lowest BCUT2D eigenvalue weighted by Gasteiger charge is -2.16. The molecule has 2 aromatic rings. The van der Waals surface area contributed by atoms with E-state index in [9.17, 15) is 0 Å². The zero-order valence-corrected chi connectivity index (χ0v) is 13.2. The Morgan fingerprint density at radius 1 is 1.25 bits per heavy atom. The first kappa shape index (κ1) is 14.5. The standard InChI is InChI=1S/C13H17BrN6/c1-8(9-5-4-6-10(14)7-9)16-12-17-11(15)18-13(19-12)20(2)3/h4-8H,1-3H3,(H3,15,16,17,18,19). The molecule has 1 aromatic heterocycles. The number of hydrogen-bond acceptors (Lipinski definition) is 6. The largest absolute Gasteiger partial charge is 0.368 e. The van der Waals surface area contributed by atoms with Gasteiger partial charge in [-0.3, -0.25) is 0 Å². The van der Waals surface area contributed by atoms with Crippen LogP contribution in [0.3, 0.4) is 0 Å². The number of anilines is 3. The molecule has 106 valence electrons. The molecule has 0 amide bonds. The van der Waals surface area contributed by atoms with Crippen LogP contribution >= 0.6 is 15.9 Å². The second-order valence-electron chi connectivity index (χ2n) is 4.63. The number of hydrogen-bond donors (Lipinski definition) is 2. The molecule has 6 nitrogen and oxygen atoms in total. The lowest BCUT2D eigenvalue weighted by molar-refractivity contribution is 0.849. The predicted molar refractivity (Wildman–Crippen MR) is 84.7 cm³/mol. The molecule has 0 saturated carbocycles. The summed E-state index contributed by atoms with van der Waals surface area (Å²) < 4.78 is 1.03. The number of aromatic nitrogens is 3. The smallest absolute Gasteiger partial charge is 0.231 e. The maximum absolute atomic E-state index is 5.70. The minimum atomic E-state index is 0.0595. The summed E-state index contributed by atoms with van der Waals surface area (Å²) in [5.41, 5.74) is 6.83. The molecule has 3 N–H and O–H groups in total. The molecule has 0 saturated heterocycles. The second-order valence-corrected chi connectivity index (χ2v) is 5.55. The van der Waals surface area contributed by atoms with Crippen molar-refractivity contribution in [2.75, 3.05) is 30.0 Å². The Kier molecular flexibility index (Phi) is 4.39. The van der Waals surface area contributed by atoms with Gasteiger partial charge in [0.25, 0.3) is 0 Å². The molecule has 0 aliphatic carbocycles. The van der Waals surface area contributed by atoms with Gasteiger partial charge in [0.05, 0.1) is 6.04 Å². The zero-order valence-electron chi connectivity index (χ0n) is 11.6. The van der Waals surface area contributed by atoms with Gasteiger partial charge in [-0.25, -0.2) is 0 Å². The summed E-state index contributed by atoms with van der Waals surface area (Å²) in [5.74, 6) is 1.20. The van der Waals surface area contributed by atoms with Crippen molar-refractivity contribution < 1.29 is 0 Å². The fraction of sp³-hybridized carbons (Fsp3) is 0.308. The van der Waals surface area contributed by atoms with E-state index in [4.69, 9.17) is 5.73 Å². The molecule has 1 unspecified atom stereocenters. The average molecular weight is 337 g/mol. The highest BCUT2D eigenvalue weighted by atomic mass is 79.9. The Labute approximate surface area is 126 Å². The first-order valence-corrected chi connectivity index (χ1v) is 6.96. The van der Waals surface area contributed by atoms with Gasteiger partial charge in [-0.05, 0) is 24.6 Å². The van der Waals surface area contributed by atoms with E-state index in [0.29, 0.717) is 11.9 Å². The van der Waals surface area contributed by atoms with E-state index in [1.807, 2.05) is 39.2 Å². The minimum Gasteiger partial charge on any atom is -0.368 e. The maximum Gasteiger partial charge on any atom is 0.231 e. The van der Waals surface area contributed by atoms with Crippen molar-refractivity contribution in [3.8, 4) is 0 Å². The topological polar surface area (TPSA) is 80.0 Å². The first-order chi connectivity index (χ1) is 9.45. The second kappa shape index (κ2) is 6.04. The molecule has 20 heavy (non-hydrogen) atoms. The molecule has 0 radical (unpaired) electrons. The van der Waals surface area contributed by atoms with Crippen LogP contribution < -0.4 is 16.0 Å². The van der Waals surface area contributed by atoms with Gasteiger partial charge >= 0.3 is 0 Å². The predicted octanol–water partition coefficient (Wildman–Crippen LogP) is 2.46. The third-order valence-corrected chi connectivity index (χ3v) is 3.23. The Morgan fingerprint density at radius 2 is 2.00 bits per heavy atom. The van der Waals surface area contributed by atoms with E-state index in [0.717, 1.165) is 10.0 Å². The molecule has 0 aliphatic heterocycles. The Balaban J connectivity index is 2.21. The molecular weight excluding hydrogens is 320 g/mol. The van der Waals surface area contributed by atoms with Crippen LogP contribution in [0.4, 0.5) is 17.8 Å². The highest BCUT2D eigenvalue weighted by Crippen LogP contribution is 2.21. The summed E-state index contributed by atoms with van der Waals surface area (Å²) in [6.07, 6.45) is 0. The summed E-state index contributed by atoms with van der Waals surface area (Å²) in [5, 5.41) is 3.23. The highest BCUT2D eigenvalue weighted by Gasteiger charge is 2.10.